The van der Waals surface area contributed by atoms with Crippen molar-refractivity contribution in [2.75, 3.05) is 5.73 Å². The molecule has 0 atom stereocenters. The molecule has 0 radical (unpaired) electrons. The van der Waals surface area contributed by atoms with Gasteiger partial charge in [0.05, 0.1) is 11.0 Å². The lowest BCUT2D eigenvalue weighted by molar-refractivity contribution is 1.28. The molecule has 0 aliphatic heterocycles. The standard InChI is InChI=1S/C10H11N3/c1-2-4-7-5-3-6-8-9(7)13-10(11)12-8/h2-3,5-6H,1,4H2,(H3,11,12,13). The second kappa shape index (κ2) is 2.94. The van der Waals surface area contributed by atoms with Gasteiger partial charge in [-0.05, 0) is 18.1 Å². The average molecular weight is 173 g/mol. The van der Waals surface area contributed by atoms with Gasteiger partial charge in [0.2, 0.25) is 0 Å². The molecule has 0 spiro atoms. The molecule has 0 unspecified atom stereocenters. The number of nitrogens with one attached hydrogen (secondary N) is 1. The minimum atomic E-state index is 0.464. The number of nitrogens with zero attached hydrogens (tertiary/aromatic N) is 1. The van der Waals surface area contributed by atoms with Crippen molar-refractivity contribution in [2.24, 2.45) is 0 Å². The van der Waals surface area contributed by atoms with E-state index in [1.54, 1.807) is 0 Å². The van der Waals surface area contributed by atoms with E-state index in [-0.39, 0.29) is 0 Å². The first-order valence-corrected chi connectivity index (χ1v) is 4.15. The van der Waals surface area contributed by atoms with E-state index >= 15 is 0 Å². The van der Waals surface area contributed by atoms with E-state index in [9.17, 15) is 0 Å². The third-order valence-corrected chi connectivity index (χ3v) is 1.98. The molecule has 0 fully saturated rings. The smallest absolute Gasteiger partial charge is 0.198 e. The monoisotopic (exact) mass is 173 g/mol. The van der Waals surface area contributed by atoms with Crippen LogP contribution in [0.4, 0.5) is 5.95 Å². The second-order valence-corrected chi connectivity index (χ2v) is 2.93. The van der Waals surface area contributed by atoms with Crippen molar-refractivity contribution in [1.82, 2.24) is 9.97 Å². The van der Waals surface area contributed by atoms with Crippen LogP contribution in [0.3, 0.4) is 0 Å². The van der Waals surface area contributed by atoms with Crippen LogP contribution >= 0.6 is 0 Å². The van der Waals surface area contributed by atoms with Gasteiger partial charge < -0.3 is 10.7 Å². The maximum Gasteiger partial charge on any atom is 0.198 e. The molecule has 0 saturated heterocycles. The minimum absolute atomic E-state index is 0.464. The van der Waals surface area contributed by atoms with Crippen molar-refractivity contribution >= 4 is 17.0 Å². The zero-order valence-electron chi connectivity index (χ0n) is 7.25. The Balaban J connectivity index is 2.67. The molecule has 13 heavy (non-hydrogen) atoms. The van der Waals surface area contributed by atoms with E-state index in [0.717, 1.165) is 23.0 Å². The van der Waals surface area contributed by atoms with Crippen LogP contribution in [0.2, 0.25) is 0 Å². The summed E-state index contributed by atoms with van der Waals surface area (Å²) in [4.78, 5) is 7.20. The molecule has 66 valence electrons. The Morgan fingerprint density at radius 3 is 3.15 bits per heavy atom. The summed E-state index contributed by atoms with van der Waals surface area (Å²) >= 11 is 0. The number of rotatable bonds is 2. The Kier molecular flexibility index (Phi) is 1.77. The van der Waals surface area contributed by atoms with Crippen LogP contribution < -0.4 is 5.73 Å². The number of para-hydroxylation sites is 1. The highest BCUT2D eigenvalue weighted by atomic mass is 15.0. The molecule has 3 nitrogen and oxygen atoms in total. The molecule has 0 bridgehead atoms. The fourth-order valence-electron chi connectivity index (χ4n) is 1.43. The van der Waals surface area contributed by atoms with Crippen molar-refractivity contribution in [3.05, 3.63) is 36.4 Å². The molecular formula is C10H11N3. The number of aromatic amines is 1. The molecule has 3 N–H and O–H groups in total. The highest BCUT2D eigenvalue weighted by Crippen LogP contribution is 2.17. The molecule has 0 aliphatic rings. The predicted molar refractivity (Wildman–Crippen MR) is 54.4 cm³/mol. The number of nitrogen functional groups attached to an aromatic ring is 1. The Morgan fingerprint density at radius 1 is 1.54 bits per heavy atom. The summed E-state index contributed by atoms with van der Waals surface area (Å²) in [5.41, 5.74) is 8.64. The number of allylic oxidation sites excluding steroid dienone is 1. The van der Waals surface area contributed by atoms with Gasteiger partial charge in [-0.1, -0.05) is 18.2 Å². The number of fused-ring (bicyclic) bond motifs is 1. The molecule has 2 rings (SSSR count). The summed E-state index contributed by atoms with van der Waals surface area (Å²) < 4.78 is 0. The number of benzene rings is 1. The first-order chi connectivity index (χ1) is 6.31. The lowest BCUT2D eigenvalue weighted by atomic mass is 10.1. The predicted octanol–water partition coefficient (Wildman–Crippen LogP) is 1.87. The van der Waals surface area contributed by atoms with Gasteiger partial charge in [0.25, 0.3) is 0 Å². The summed E-state index contributed by atoms with van der Waals surface area (Å²) in [7, 11) is 0. The molecule has 0 amide bonds. The molecule has 0 aliphatic carbocycles. The van der Waals surface area contributed by atoms with Gasteiger partial charge in [-0.3, -0.25) is 0 Å². The number of aromatic nitrogens is 2. The largest absolute Gasteiger partial charge is 0.369 e. The van der Waals surface area contributed by atoms with Crippen LogP contribution in [-0.2, 0) is 6.42 Å². The van der Waals surface area contributed by atoms with Crippen molar-refractivity contribution in [3.8, 4) is 0 Å². The zero-order valence-corrected chi connectivity index (χ0v) is 7.25. The third kappa shape index (κ3) is 1.28. The van der Waals surface area contributed by atoms with Gasteiger partial charge in [0, 0.05) is 0 Å². The van der Waals surface area contributed by atoms with Crippen molar-refractivity contribution in [2.45, 2.75) is 6.42 Å². The second-order valence-electron chi connectivity index (χ2n) is 2.93. The molecular weight excluding hydrogens is 162 g/mol. The van der Waals surface area contributed by atoms with E-state index in [2.05, 4.69) is 16.5 Å². The number of H-pyrrole nitrogens is 1. The molecule has 3 heteroatoms. The first-order valence-electron chi connectivity index (χ1n) is 4.15. The maximum absolute atomic E-state index is 5.56. The fourth-order valence-corrected chi connectivity index (χ4v) is 1.43. The summed E-state index contributed by atoms with van der Waals surface area (Å²) in [6, 6.07) is 5.98. The fraction of sp³-hybridized carbons (Fsp3) is 0.100. The van der Waals surface area contributed by atoms with Crippen molar-refractivity contribution < 1.29 is 0 Å². The van der Waals surface area contributed by atoms with Crippen LogP contribution in [0.1, 0.15) is 5.56 Å². The van der Waals surface area contributed by atoms with Gasteiger partial charge in [0.1, 0.15) is 0 Å². The number of nitrogens with two attached hydrogens (primary N) is 1. The molecule has 2 aromatic rings. The van der Waals surface area contributed by atoms with E-state index in [1.807, 2.05) is 24.3 Å². The number of hydrogen-bond donors (Lipinski definition) is 2. The van der Waals surface area contributed by atoms with E-state index in [4.69, 9.17) is 5.73 Å². The van der Waals surface area contributed by atoms with Gasteiger partial charge in [-0.2, -0.15) is 0 Å². The SMILES string of the molecule is C=CCc1cccc2[nH]c(N)nc12. The Morgan fingerprint density at radius 2 is 2.38 bits per heavy atom. The first kappa shape index (κ1) is 7.86. The summed E-state index contributed by atoms with van der Waals surface area (Å²) in [6.45, 7) is 3.70. The lowest BCUT2D eigenvalue weighted by Crippen LogP contribution is -1.85. The van der Waals surface area contributed by atoms with Crippen LogP contribution in [0.25, 0.3) is 11.0 Å². The number of imidazole rings is 1. The minimum Gasteiger partial charge on any atom is -0.369 e. The normalized spacial score (nSPS) is 10.5. The van der Waals surface area contributed by atoms with Gasteiger partial charge in [0.15, 0.2) is 5.95 Å². The van der Waals surface area contributed by atoms with Gasteiger partial charge >= 0.3 is 0 Å². The topological polar surface area (TPSA) is 54.7 Å². The molecule has 1 aromatic heterocycles. The van der Waals surface area contributed by atoms with Crippen LogP contribution in [0, 0.1) is 0 Å². The Hall–Kier alpha value is -1.77. The molecule has 0 saturated carbocycles. The summed E-state index contributed by atoms with van der Waals surface area (Å²) in [5.74, 6) is 0.464. The van der Waals surface area contributed by atoms with Crippen molar-refractivity contribution in [3.63, 3.8) is 0 Å². The highest BCUT2D eigenvalue weighted by molar-refractivity contribution is 5.80. The molecule has 1 heterocycles. The number of hydrogen-bond acceptors (Lipinski definition) is 2. The third-order valence-electron chi connectivity index (χ3n) is 1.98. The molecule has 1 aromatic carbocycles. The maximum atomic E-state index is 5.56. The zero-order chi connectivity index (χ0) is 9.26. The Labute approximate surface area is 76.3 Å². The van der Waals surface area contributed by atoms with E-state index in [1.165, 1.54) is 0 Å². The van der Waals surface area contributed by atoms with Gasteiger partial charge in [-0.15, -0.1) is 6.58 Å². The Bertz CT molecular complexity index is 442. The van der Waals surface area contributed by atoms with Crippen LogP contribution in [-0.4, -0.2) is 9.97 Å². The summed E-state index contributed by atoms with van der Waals surface area (Å²) in [6.07, 6.45) is 2.68. The highest BCUT2D eigenvalue weighted by Gasteiger charge is 2.03. The number of anilines is 1. The van der Waals surface area contributed by atoms with E-state index < -0.39 is 0 Å². The van der Waals surface area contributed by atoms with Crippen LogP contribution in [0.5, 0.6) is 0 Å². The lowest BCUT2D eigenvalue weighted by Gasteiger charge is -1.95. The van der Waals surface area contributed by atoms with Gasteiger partial charge in [-0.25, -0.2) is 4.98 Å². The summed E-state index contributed by atoms with van der Waals surface area (Å²) in [5, 5.41) is 0. The van der Waals surface area contributed by atoms with E-state index in [0.29, 0.717) is 5.95 Å². The van der Waals surface area contributed by atoms with Crippen LogP contribution in [0.15, 0.2) is 30.9 Å². The van der Waals surface area contributed by atoms with Crippen molar-refractivity contribution in [1.29, 1.82) is 0 Å². The average Bonchev–Trinajstić information content (AvgIpc) is 2.47. The quantitative estimate of drug-likeness (QED) is 0.681.